The van der Waals surface area contributed by atoms with E-state index in [1.807, 2.05) is 18.2 Å². The average Bonchev–Trinajstić information content (AvgIpc) is 2.19. The van der Waals surface area contributed by atoms with Gasteiger partial charge in [-0.2, -0.15) is 0 Å². The molecule has 2 heteroatoms. The molecule has 0 fully saturated rings. The Kier molecular flexibility index (Phi) is 4.79. The molecule has 2 atom stereocenters. The van der Waals surface area contributed by atoms with Gasteiger partial charge in [-0.3, -0.25) is 0 Å². The minimum absolute atomic E-state index is 0.119. The summed E-state index contributed by atoms with van der Waals surface area (Å²) in [7, 11) is 1.76. The van der Waals surface area contributed by atoms with Gasteiger partial charge in [-0.05, 0) is 12.5 Å². The summed E-state index contributed by atoms with van der Waals surface area (Å²) in [5.74, 6) is 0. The molecule has 2 unspecified atom stereocenters. The Morgan fingerprint density at radius 1 is 1.07 bits per heavy atom. The smallest absolute Gasteiger partial charge is 0.0971 e. The molecule has 0 aliphatic carbocycles. The van der Waals surface area contributed by atoms with E-state index in [-0.39, 0.29) is 6.10 Å². The van der Waals surface area contributed by atoms with Crippen molar-refractivity contribution in [2.45, 2.75) is 39.0 Å². The van der Waals surface area contributed by atoms with Crippen molar-refractivity contribution in [2.75, 3.05) is 7.11 Å². The third kappa shape index (κ3) is 3.65. The summed E-state index contributed by atoms with van der Waals surface area (Å²) in [4.78, 5) is 0. The Bertz CT molecular complexity index is 271. The van der Waals surface area contributed by atoms with Gasteiger partial charge < -0.3 is 10.1 Å². The summed E-state index contributed by atoms with van der Waals surface area (Å²) in [5.41, 5.74) is 1.22. The van der Waals surface area contributed by atoms with E-state index >= 15 is 0 Å². The Labute approximate surface area is 92.6 Å². The van der Waals surface area contributed by atoms with Gasteiger partial charge in [0.2, 0.25) is 0 Å². The molecule has 0 aliphatic rings. The molecule has 0 aromatic heterocycles. The molecule has 1 N–H and O–H groups in total. The van der Waals surface area contributed by atoms with Crippen molar-refractivity contribution in [1.29, 1.82) is 0 Å². The number of nitrogens with one attached hydrogen (secondary N) is 1. The number of rotatable bonds is 5. The second-order valence-electron chi connectivity index (χ2n) is 4.18. The fourth-order valence-electron chi connectivity index (χ4n) is 1.88. The van der Waals surface area contributed by atoms with Gasteiger partial charge in [0.05, 0.1) is 6.10 Å². The molecule has 0 bridgehead atoms. The van der Waals surface area contributed by atoms with Crippen LogP contribution in [0.1, 0.15) is 32.4 Å². The number of hydrogen-bond acceptors (Lipinski definition) is 2. The Balaban J connectivity index is 2.71. The Morgan fingerprint density at radius 3 is 2.13 bits per heavy atom. The first kappa shape index (κ1) is 12.2. The van der Waals surface area contributed by atoms with Crippen molar-refractivity contribution in [2.24, 2.45) is 0 Å². The van der Waals surface area contributed by atoms with Gasteiger partial charge in [0.25, 0.3) is 0 Å². The fourth-order valence-corrected chi connectivity index (χ4v) is 1.88. The molecule has 1 aromatic carbocycles. The van der Waals surface area contributed by atoms with E-state index < -0.39 is 0 Å². The van der Waals surface area contributed by atoms with Crippen LogP contribution < -0.4 is 5.32 Å². The zero-order chi connectivity index (χ0) is 11.3. The lowest BCUT2D eigenvalue weighted by Gasteiger charge is -2.26. The highest BCUT2D eigenvalue weighted by atomic mass is 16.5. The highest BCUT2D eigenvalue weighted by Crippen LogP contribution is 2.20. The van der Waals surface area contributed by atoms with E-state index in [0.717, 1.165) is 0 Å². The summed E-state index contributed by atoms with van der Waals surface area (Å²) >= 11 is 0. The first-order valence-corrected chi connectivity index (χ1v) is 5.49. The zero-order valence-corrected chi connectivity index (χ0v) is 10.0. The van der Waals surface area contributed by atoms with Gasteiger partial charge in [-0.15, -0.1) is 0 Å². The molecule has 2 nitrogen and oxygen atoms in total. The van der Waals surface area contributed by atoms with Crippen molar-refractivity contribution >= 4 is 0 Å². The number of hydrogen-bond donors (Lipinski definition) is 1. The Hall–Kier alpha value is -0.860. The summed E-state index contributed by atoms with van der Waals surface area (Å²) in [5, 5.41) is 3.47. The van der Waals surface area contributed by atoms with E-state index in [1.165, 1.54) is 5.56 Å². The molecule has 0 heterocycles. The topological polar surface area (TPSA) is 21.3 Å². The molecule has 0 spiro atoms. The highest BCUT2D eigenvalue weighted by Gasteiger charge is 2.18. The van der Waals surface area contributed by atoms with E-state index in [0.29, 0.717) is 12.1 Å². The molecule has 84 valence electrons. The van der Waals surface area contributed by atoms with Gasteiger partial charge >= 0.3 is 0 Å². The van der Waals surface area contributed by atoms with Gasteiger partial charge in [-0.25, -0.2) is 0 Å². The second-order valence-corrected chi connectivity index (χ2v) is 4.18. The predicted octanol–water partition coefficient (Wildman–Crippen LogP) is 2.76. The summed E-state index contributed by atoms with van der Waals surface area (Å²) in [6, 6.07) is 11.1. The molecule has 0 aliphatic heterocycles. The first-order valence-electron chi connectivity index (χ1n) is 5.49. The van der Waals surface area contributed by atoms with Crippen LogP contribution in [0.3, 0.4) is 0 Å². The number of methoxy groups -OCH3 is 1. The lowest BCUT2D eigenvalue weighted by molar-refractivity contribution is 0.0708. The van der Waals surface area contributed by atoms with Crippen molar-refractivity contribution < 1.29 is 4.74 Å². The van der Waals surface area contributed by atoms with E-state index in [9.17, 15) is 0 Å². The van der Waals surface area contributed by atoms with Crippen molar-refractivity contribution in [3.05, 3.63) is 35.9 Å². The highest BCUT2D eigenvalue weighted by molar-refractivity contribution is 5.19. The molecule has 1 rings (SSSR count). The van der Waals surface area contributed by atoms with E-state index in [1.54, 1.807) is 7.11 Å². The maximum atomic E-state index is 5.54. The normalized spacial score (nSPS) is 15.3. The molecular formula is C13H21NO. The van der Waals surface area contributed by atoms with Crippen molar-refractivity contribution in [3.8, 4) is 0 Å². The lowest BCUT2D eigenvalue weighted by atomic mass is 10.0. The van der Waals surface area contributed by atoms with E-state index in [2.05, 4.69) is 38.2 Å². The SMILES string of the molecule is COC(c1ccccc1)C(C)NC(C)C. The summed E-state index contributed by atoms with van der Waals surface area (Å²) in [6.07, 6.45) is 0.119. The maximum absolute atomic E-state index is 5.54. The molecule has 0 saturated heterocycles. The monoisotopic (exact) mass is 207 g/mol. The third-order valence-electron chi connectivity index (χ3n) is 2.43. The summed E-state index contributed by atoms with van der Waals surface area (Å²) < 4.78 is 5.54. The number of benzene rings is 1. The van der Waals surface area contributed by atoms with Crippen LogP contribution in [0.5, 0.6) is 0 Å². The van der Waals surface area contributed by atoms with Crippen LogP contribution in [0.15, 0.2) is 30.3 Å². The Morgan fingerprint density at radius 2 is 1.67 bits per heavy atom. The maximum Gasteiger partial charge on any atom is 0.0971 e. The molecule has 0 radical (unpaired) electrons. The first-order chi connectivity index (χ1) is 7.15. The van der Waals surface area contributed by atoms with Crippen LogP contribution in [0, 0.1) is 0 Å². The minimum atomic E-state index is 0.119. The quantitative estimate of drug-likeness (QED) is 0.801. The largest absolute Gasteiger partial charge is 0.375 e. The zero-order valence-electron chi connectivity index (χ0n) is 10.0. The van der Waals surface area contributed by atoms with Crippen LogP contribution in [-0.4, -0.2) is 19.2 Å². The molecule has 1 aromatic rings. The minimum Gasteiger partial charge on any atom is -0.375 e. The molecule has 0 saturated carbocycles. The van der Waals surface area contributed by atoms with Crippen molar-refractivity contribution in [3.63, 3.8) is 0 Å². The van der Waals surface area contributed by atoms with Gasteiger partial charge in [0.1, 0.15) is 0 Å². The number of ether oxygens (including phenoxy) is 1. The molecule has 15 heavy (non-hydrogen) atoms. The van der Waals surface area contributed by atoms with Crippen LogP contribution in [0.25, 0.3) is 0 Å². The lowest BCUT2D eigenvalue weighted by Crippen LogP contribution is -2.37. The van der Waals surface area contributed by atoms with Crippen LogP contribution in [-0.2, 0) is 4.74 Å². The van der Waals surface area contributed by atoms with Crippen LogP contribution >= 0.6 is 0 Å². The fraction of sp³-hybridized carbons (Fsp3) is 0.538. The third-order valence-corrected chi connectivity index (χ3v) is 2.43. The molecule has 0 amide bonds. The van der Waals surface area contributed by atoms with Gasteiger partial charge in [0, 0.05) is 19.2 Å². The standard InChI is InChI=1S/C13H21NO/c1-10(2)14-11(3)13(15-4)12-8-6-5-7-9-12/h5-11,13-14H,1-4H3. The van der Waals surface area contributed by atoms with Crippen molar-refractivity contribution in [1.82, 2.24) is 5.32 Å². The van der Waals surface area contributed by atoms with Crippen LogP contribution in [0.2, 0.25) is 0 Å². The van der Waals surface area contributed by atoms with Crippen LogP contribution in [0.4, 0.5) is 0 Å². The van der Waals surface area contributed by atoms with Gasteiger partial charge in [0.15, 0.2) is 0 Å². The predicted molar refractivity (Wildman–Crippen MR) is 63.9 cm³/mol. The second kappa shape index (κ2) is 5.89. The summed E-state index contributed by atoms with van der Waals surface area (Å²) in [6.45, 7) is 6.45. The molecular weight excluding hydrogens is 186 g/mol. The average molecular weight is 207 g/mol. The van der Waals surface area contributed by atoms with E-state index in [4.69, 9.17) is 4.74 Å². The van der Waals surface area contributed by atoms with Gasteiger partial charge in [-0.1, -0.05) is 44.2 Å².